The molecule has 0 aliphatic carbocycles. The normalized spacial score (nSPS) is 13.0. The van der Waals surface area contributed by atoms with Crippen molar-refractivity contribution in [3.63, 3.8) is 0 Å². The second kappa shape index (κ2) is 13.5. The van der Waals surface area contributed by atoms with Gasteiger partial charge in [0.05, 0.1) is 18.7 Å². The van der Waals surface area contributed by atoms with E-state index in [4.69, 9.17) is 22.1 Å². The minimum atomic E-state index is -4.65. The largest absolute Gasteiger partial charge is 0.496 e. The molecule has 4 aromatic carbocycles. The number of rotatable bonds is 10. The topological polar surface area (TPSA) is 75.8 Å². The zero-order valence-electron chi connectivity index (χ0n) is 24.1. The van der Waals surface area contributed by atoms with Crippen LogP contribution in [0.5, 0.6) is 5.75 Å². The maximum absolute atomic E-state index is 14.1. The van der Waals surface area contributed by atoms with E-state index in [1.54, 1.807) is 42.5 Å². The van der Waals surface area contributed by atoms with Crippen LogP contribution in [-0.4, -0.2) is 29.8 Å². The van der Waals surface area contributed by atoms with Crippen LogP contribution in [0.15, 0.2) is 91.0 Å². The van der Waals surface area contributed by atoms with Gasteiger partial charge in [-0.05, 0) is 76.6 Å². The number of amides is 1. The number of carbonyl (C=O) groups is 1. The summed E-state index contributed by atoms with van der Waals surface area (Å²) in [5, 5.41) is 11.0. The molecular weight excluding hydrogens is 577 g/mol. The molecule has 0 spiro atoms. The Morgan fingerprint density at radius 1 is 0.930 bits per heavy atom. The quantitative estimate of drug-likeness (QED) is 0.188. The monoisotopic (exact) mass is 610 g/mol. The molecule has 0 saturated heterocycles. The molecule has 2 unspecified atom stereocenters. The van der Waals surface area contributed by atoms with Gasteiger partial charge in [-0.25, -0.2) is 4.79 Å². The number of alkyl halides is 3. The lowest BCUT2D eigenvalue weighted by atomic mass is 9.87. The van der Waals surface area contributed by atoms with Gasteiger partial charge in [0.1, 0.15) is 5.75 Å². The van der Waals surface area contributed by atoms with Crippen molar-refractivity contribution in [3.8, 4) is 16.9 Å². The zero-order chi connectivity index (χ0) is 31.3. The number of benzene rings is 4. The first-order valence-corrected chi connectivity index (χ1v) is 14.2. The minimum Gasteiger partial charge on any atom is -0.496 e. The molecule has 0 radical (unpaired) electrons. The Kier molecular flexibility index (Phi) is 10.0. The molecule has 43 heavy (non-hydrogen) atoms. The van der Waals surface area contributed by atoms with Crippen molar-refractivity contribution < 1.29 is 27.8 Å². The van der Waals surface area contributed by atoms with Gasteiger partial charge < -0.3 is 15.6 Å². The molecule has 2 atom stereocenters. The Morgan fingerprint density at radius 2 is 1.58 bits per heavy atom. The summed E-state index contributed by atoms with van der Waals surface area (Å²) in [6.07, 6.45) is -5.85. The highest BCUT2D eigenvalue weighted by Gasteiger charge is 2.35. The van der Waals surface area contributed by atoms with E-state index in [0.29, 0.717) is 27.5 Å². The fourth-order valence-corrected chi connectivity index (χ4v) is 5.27. The molecule has 5 nitrogen and oxygen atoms in total. The van der Waals surface area contributed by atoms with Gasteiger partial charge in [0.2, 0.25) is 0 Å². The number of halogens is 4. The number of hydrogen-bond donors (Lipinski definition) is 2. The van der Waals surface area contributed by atoms with Crippen LogP contribution in [0.3, 0.4) is 0 Å². The van der Waals surface area contributed by atoms with Crippen LogP contribution in [0.4, 0.5) is 18.0 Å². The third kappa shape index (κ3) is 7.69. The number of methoxy groups -OCH3 is 1. The van der Waals surface area contributed by atoms with Crippen LogP contribution in [0.25, 0.3) is 11.1 Å². The molecule has 1 amide bonds. The fraction of sp³-hybridized carbons (Fsp3) is 0.265. The predicted molar refractivity (Wildman–Crippen MR) is 164 cm³/mol. The number of nitrogens with two attached hydrogens (primary N) is 1. The Hall–Kier alpha value is -4.01. The lowest BCUT2D eigenvalue weighted by Gasteiger charge is -2.34. The second-order valence-electron chi connectivity index (χ2n) is 10.7. The Labute approximate surface area is 254 Å². The summed E-state index contributed by atoms with van der Waals surface area (Å²) in [6, 6.07) is 23.0. The van der Waals surface area contributed by atoms with Gasteiger partial charge in [-0.2, -0.15) is 13.2 Å². The van der Waals surface area contributed by atoms with Gasteiger partial charge in [0, 0.05) is 23.2 Å². The van der Waals surface area contributed by atoms with Crippen LogP contribution >= 0.6 is 11.6 Å². The fourth-order valence-electron chi connectivity index (χ4n) is 5.15. The first-order chi connectivity index (χ1) is 20.4. The molecule has 0 heterocycles. The molecule has 226 valence electrons. The summed E-state index contributed by atoms with van der Waals surface area (Å²) >= 11 is 6.03. The summed E-state index contributed by atoms with van der Waals surface area (Å²) in [4.78, 5) is 14.1. The molecule has 0 bridgehead atoms. The van der Waals surface area contributed by atoms with Crippen molar-refractivity contribution in [1.82, 2.24) is 4.90 Å². The van der Waals surface area contributed by atoms with Gasteiger partial charge in [-0.15, -0.1) is 0 Å². The molecule has 0 fully saturated rings. The Bertz CT molecular complexity index is 1540. The number of ether oxygens (including phenoxy) is 1. The van der Waals surface area contributed by atoms with Crippen molar-refractivity contribution >= 4 is 17.7 Å². The van der Waals surface area contributed by atoms with Gasteiger partial charge in [-0.1, -0.05) is 80.0 Å². The van der Waals surface area contributed by atoms with E-state index in [1.165, 1.54) is 13.2 Å². The summed E-state index contributed by atoms with van der Waals surface area (Å²) in [7, 11) is 1.49. The smallest absolute Gasteiger partial charge is 0.416 e. The summed E-state index contributed by atoms with van der Waals surface area (Å²) in [5.41, 5.74) is 9.18. The van der Waals surface area contributed by atoms with Crippen LogP contribution in [-0.2, 0) is 12.6 Å². The minimum absolute atomic E-state index is 0.112. The third-order valence-electron chi connectivity index (χ3n) is 7.50. The molecule has 0 saturated carbocycles. The molecule has 4 aromatic rings. The van der Waals surface area contributed by atoms with Crippen molar-refractivity contribution in [2.24, 2.45) is 5.73 Å². The van der Waals surface area contributed by atoms with E-state index >= 15 is 0 Å². The molecule has 4 rings (SSSR count). The van der Waals surface area contributed by atoms with Gasteiger partial charge in [0.25, 0.3) is 0 Å². The van der Waals surface area contributed by atoms with E-state index in [2.05, 4.69) is 0 Å². The number of nitrogens with zero attached hydrogens (tertiary/aromatic N) is 1. The zero-order valence-corrected chi connectivity index (χ0v) is 24.9. The van der Waals surface area contributed by atoms with Crippen LogP contribution in [0, 0.1) is 0 Å². The average molecular weight is 611 g/mol. The highest BCUT2D eigenvalue weighted by molar-refractivity contribution is 6.30. The maximum atomic E-state index is 14.1. The SMILES string of the molecule is COc1ccc(C(C)C)cc1-c1ccc(C(F)(F)F)cc1C(Cc1ccccc1)N(CC(N)c1ccc(Cl)cc1)C(=O)O. The molecule has 0 aliphatic rings. The highest BCUT2D eigenvalue weighted by Crippen LogP contribution is 2.42. The van der Waals surface area contributed by atoms with E-state index in [9.17, 15) is 23.1 Å². The van der Waals surface area contributed by atoms with Crippen molar-refractivity contribution in [3.05, 3.63) is 124 Å². The Balaban J connectivity index is 1.95. The second-order valence-corrected chi connectivity index (χ2v) is 11.1. The van der Waals surface area contributed by atoms with Crippen LogP contribution in [0.1, 0.15) is 59.7 Å². The van der Waals surface area contributed by atoms with E-state index in [-0.39, 0.29) is 24.4 Å². The summed E-state index contributed by atoms with van der Waals surface area (Å²) in [6.45, 7) is 3.86. The number of carboxylic acid groups (broad SMARTS) is 1. The van der Waals surface area contributed by atoms with Crippen LogP contribution < -0.4 is 10.5 Å². The van der Waals surface area contributed by atoms with Crippen molar-refractivity contribution in [1.29, 1.82) is 0 Å². The van der Waals surface area contributed by atoms with Gasteiger partial charge in [-0.3, -0.25) is 4.90 Å². The standard InChI is InChI=1S/C34H34ClF3N2O3/c1-21(2)24-11-16-32(43-3)29(18-24)27-15-12-25(34(36,37)38)19-28(27)31(17-22-7-5-4-6-8-22)40(33(41)42)20-30(39)23-9-13-26(35)14-10-23/h4-16,18-19,21,30-31H,17,20,39H2,1-3H3,(H,41,42). The molecular formula is C34H34ClF3N2O3. The van der Waals surface area contributed by atoms with Gasteiger partial charge >= 0.3 is 12.3 Å². The first-order valence-electron chi connectivity index (χ1n) is 13.8. The molecule has 0 aromatic heterocycles. The third-order valence-corrected chi connectivity index (χ3v) is 7.76. The predicted octanol–water partition coefficient (Wildman–Crippen LogP) is 9.12. The average Bonchev–Trinajstić information content (AvgIpc) is 2.98. The van der Waals surface area contributed by atoms with E-state index in [1.807, 2.05) is 44.2 Å². The number of hydrogen-bond acceptors (Lipinski definition) is 3. The summed E-state index contributed by atoms with van der Waals surface area (Å²) < 4.78 is 48.1. The van der Waals surface area contributed by atoms with E-state index in [0.717, 1.165) is 28.2 Å². The molecule has 9 heteroatoms. The lowest BCUT2D eigenvalue weighted by Crippen LogP contribution is -2.40. The highest BCUT2D eigenvalue weighted by atomic mass is 35.5. The van der Waals surface area contributed by atoms with Crippen LogP contribution in [0.2, 0.25) is 5.02 Å². The molecule has 0 aliphatic heterocycles. The Morgan fingerprint density at radius 3 is 2.16 bits per heavy atom. The van der Waals surface area contributed by atoms with Gasteiger partial charge in [0.15, 0.2) is 0 Å². The molecule has 3 N–H and O–H groups in total. The first kappa shape index (κ1) is 31.9. The van der Waals surface area contributed by atoms with Crippen molar-refractivity contribution in [2.75, 3.05) is 13.7 Å². The maximum Gasteiger partial charge on any atom is 0.416 e. The lowest BCUT2D eigenvalue weighted by molar-refractivity contribution is -0.137. The summed E-state index contributed by atoms with van der Waals surface area (Å²) in [5.74, 6) is 0.596. The van der Waals surface area contributed by atoms with E-state index < -0.39 is 29.9 Å². The van der Waals surface area contributed by atoms with Crippen molar-refractivity contribution in [2.45, 2.75) is 44.4 Å².